The van der Waals surface area contributed by atoms with E-state index in [0.717, 1.165) is 0 Å². The van der Waals surface area contributed by atoms with Gasteiger partial charge in [-0.2, -0.15) is 0 Å². The molecule has 0 bridgehead atoms. The molecule has 84 valence electrons. The lowest BCUT2D eigenvalue weighted by Gasteiger charge is -2.06. The van der Waals surface area contributed by atoms with Crippen LogP contribution in [0.1, 0.15) is 28.4 Å². The van der Waals surface area contributed by atoms with Crippen molar-refractivity contribution >= 4 is 13.6 Å². The molecular weight excluding hydrogens is 209 g/mol. The molecule has 7 heteroatoms. The topological polar surface area (TPSA) is 121 Å². The van der Waals surface area contributed by atoms with Crippen LogP contribution in [0.4, 0.5) is 0 Å². The van der Waals surface area contributed by atoms with Gasteiger partial charge in [-0.05, 0) is 12.8 Å². The standard InChI is InChI=1S/C7H16NO5P/c8-6(7(9)10)4-2-1-3-5-14(11,12)13/h6H,1-5,8H2,(H,9,10)(H2,11,12,13)/i1T,2T. The molecule has 0 aromatic carbocycles. The molecule has 0 radical (unpaired) electrons. The van der Waals surface area contributed by atoms with Crippen LogP contribution in [0, 0.1) is 0 Å². The van der Waals surface area contributed by atoms with Crippen LogP contribution in [0.2, 0.25) is 0 Å². The Hall–Kier alpha value is -0.420. The zero-order chi connectivity index (χ0) is 12.9. The van der Waals surface area contributed by atoms with Gasteiger partial charge in [0.15, 0.2) is 0 Å². The minimum absolute atomic E-state index is 0.148. The Morgan fingerprint density at radius 3 is 2.50 bits per heavy atom. The third-order valence-corrected chi connectivity index (χ3v) is 2.30. The molecule has 0 saturated carbocycles. The van der Waals surface area contributed by atoms with Crippen LogP contribution in [-0.4, -0.2) is 33.1 Å². The van der Waals surface area contributed by atoms with Crippen molar-refractivity contribution in [2.24, 2.45) is 5.73 Å². The highest BCUT2D eigenvalue weighted by Crippen LogP contribution is 2.35. The molecule has 0 amide bonds. The molecule has 5 N–H and O–H groups in total. The van der Waals surface area contributed by atoms with E-state index in [9.17, 15) is 9.36 Å². The van der Waals surface area contributed by atoms with E-state index in [4.69, 9.17) is 23.4 Å². The summed E-state index contributed by atoms with van der Waals surface area (Å²) >= 11 is 0. The molecule has 0 aliphatic heterocycles. The number of hydrogen-bond donors (Lipinski definition) is 4. The maximum atomic E-state index is 10.5. The average molecular weight is 229 g/mol. The largest absolute Gasteiger partial charge is 0.480 e. The molecule has 0 heterocycles. The lowest BCUT2D eigenvalue weighted by molar-refractivity contribution is -0.138. The molecule has 6 nitrogen and oxygen atoms in total. The number of hydrogen-bond acceptors (Lipinski definition) is 3. The van der Waals surface area contributed by atoms with Crippen molar-refractivity contribution in [3.8, 4) is 0 Å². The number of nitrogens with two attached hydrogens (primary N) is 1. The molecule has 14 heavy (non-hydrogen) atoms. The summed E-state index contributed by atoms with van der Waals surface area (Å²) in [5.41, 5.74) is 5.18. The Labute approximate surface area is 85.1 Å². The lowest BCUT2D eigenvalue weighted by Crippen LogP contribution is -2.29. The summed E-state index contributed by atoms with van der Waals surface area (Å²) in [5.74, 6) is -1.25. The van der Waals surface area contributed by atoms with Crippen molar-refractivity contribution in [1.29, 1.82) is 0 Å². The molecule has 0 fully saturated rings. The maximum absolute atomic E-state index is 10.5. The quantitative estimate of drug-likeness (QED) is 0.460. The number of aliphatic carboxylic acids is 1. The fourth-order valence-corrected chi connectivity index (χ4v) is 1.19. The van der Waals surface area contributed by atoms with E-state index in [1.807, 2.05) is 0 Å². The summed E-state index contributed by atoms with van der Waals surface area (Å²) < 4.78 is 25.4. The monoisotopic (exact) mass is 229 g/mol. The van der Waals surface area contributed by atoms with Crippen LogP contribution in [0.15, 0.2) is 0 Å². The second-order valence-corrected chi connectivity index (χ2v) is 4.61. The van der Waals surface area contributed by atoms with E-state index in [1.54, 1.807) is 0 Å². The van der Waals surface area contributed by atoms with Crippen LogP contribution in [0.5, 0.6) is 0 Å². The van der Waals surface area contributed by atoms with Gasteiger partial charge < -0.3 is 20.6 Å². The van der Waals surface area contributed by atoms with Gasteiger partial charge in [0.05, 0.1) is 0 Å². The van der Waals surface area contributed by atoms with E-state index in [2.05, 4.69) is 0 Å². The van der Waals surface area contributed by atoms with Gasteiger partial charge in [0, 0.05) is 8.90 Å². The Kier molecular flexibility index (Phi) is 4.43. The van der Waals surface area contributed by atoms with Gasteiger partial charge >= 0.3 is 13.6 Å². The molecule has 0 aliphatic rings. The van der Waals surface area contributed by atoms with E-state index in [1.165, 1.54) is 0 Å². The highest BCUT2D eigenvalue weighted by molar-refractivity contribution is 7.51. The maximum Gasteiger partial charge on any atom is 0.325 e. The van der Waals surface area contributed by atoms with Gasteiger partial charge in [-0.25, -0.2) is 0 Å². The van der Waals surface area contributed by atoms with Gasteiger partial charge in [0.2, 0.25) is 0 Å². The van der Waals surface area contributed by atoms with Gasteiger partial charge in [0.1, 0.15) is 6.04 Å². The lowest BCUT2D eigenvalue weighted by atomic mass is 10.1. The van der Waals surface area contributed by atoms with E-state index >= 15 is 0 Å². The third-order valence-electron chi connectivity index (χ3n) is 1.46. The molecule has 3 unspecified atom stereocenters. The van der Waals surface area contributed by atoms with Crippen LogP contribution in [0.3, 0.4) is 0 Å². The summed E-state index contributed by atoms with van der Waals surface area (Å²) in [6.07, 6.45) is -2.93. The average Bonchev–Trinajstić information content (AvgIpc) is 2.12. The first-order valence-electron chi connectivity index (χ1n) is 5.16. The summed E-state index contributed by atoms with van der Waals surface area (Å²) in [6, 6.07) is -1.22. The molecule has 0 saturated heterocycles. The Balaban J connectivity index is 4.04. The van der Waals surface area contributed by atoms with E-state index < -0.39 is 38.6 Å². The van der Waals surface area contributed by atoms with Gasteiger partial charge in [0.25, 0.3) is 0 Å². The first kappa shape index (κ1) is 10.1. The van der Waals surface area contributed by atoms with Gasteiger partial charge in [-0.15, -0.1) is 0 Å². The Morgan fingerprint density at radius 1 is 1.50 bits per heavy atom. The highest BCUT2D eigenvalue weighted by Gasteiger charge is 2.13. The van der Waals surface area contributed by atoms with Crippen LogP contribution < -0.4 is 5.73 Å². The normalized spacial score (nSPS) is 20.5. The number of carbonyl (C=O) groups is 1. The summed E-state index contributed by atoms with van der Waals surface area (Å²) in [6.45, 7) is 0. The molecule has 0 spiro atoms. The highest BCUT2D eigenvalue weighted by atomic mass is 31.2. The molecular formula is C7H16NO5P. The van der Waals surface area contributed by atoms with Crippen molar-refractivity contribution < 1.29 is 27.0 Å². The fourth-order valence-electron chi connectivity index (χ4n) is 0.704. The first-order chi connectivity index (χ1) is 7.13. The van der Waals surface area contributed by atoms with Gasteiger partial charge in [-0.1, -0.05) is 12.8 Å². The van der Waals surface area contributed by atoms with Crippen LogP contribution >= 0.6 is 7.60 Å². The minimum atomic E-state index is -4.16. The van der Waals surface area contributed by atoms with Gasteiger partial charge in [-0.3, -0.25) is 9.36 Å². The SMILES string of the molecule is [3H]C(CCP(=O)(O)O)C([3H])CC(N)C(=O)O. The Bertz CT molecular complexity index is 284. The molecule has 0 aliphatic carbocycles. The number of carboxylic acid groups (broad SMARTS) is 1. The van der Waals surface area contributed by atoms with Crippen molar-refractivity contribution in [3.63, 3.8) is 0 Å². The van der Waals surface area contributed by atoms with E-state index in [-0.39, 0.29) is 12.8 Å². The van der Waals surface area contributed by atoms with Crippen LogP contribution in [0.25, 0.3) is 0 Å². The van der Waals surface area contributed by atoms with E-state index in [0.29, 0.717) is 0 Å². The number of carboxylic acids is 1. The molecule has 0 aromatic heterocycles. The second kappa shape index (κ2) is 6.14. The zero-order valence-corrected chi connectivity index (χ0v) is 8.43. The smallest absolute Gasteiger partial charge is 0.325 e. The second-order valence-electron chi connectivity index (χ2n) is 2.83. The third kappa shape index (κ3) is 8.19. The van der Waals surface area contributed by atoms with Crippen molar-refractivity contribution in [3.05, 3.63) is 0 Å². The van der Waals surface area contributed by atoms with Crippen molar-refractivity contribution in [2.45, 2.75) is 31.7 Å². The fraction of sp³-hybridized carbons (Fsp3) is 0.857. The summed E-state index contributed by atoms with van der Waals surface area (Å²) in [5, 5.41) is 8.48. The first-order valence-corrected chi connectivity index (χ1v) is 5.80. The van der Waals surface area contributed by atoms with Crippen molar-refractivity contribution in [1.82, 2.24) is 0 Å². The van der Waals surface area contributed by atoms with Crippen LogP contribution in [-0.2, 0) is 9.36 Å². The Morgan fingerprint density at radius 2 is 2.07 bits per heavy atom. The molecule has 0 rings (SSSR count). The molecule has 3 atom stereocenters. The number of rotatable bonds is 7. The predicted molar refractivity (Wildman–Crippen MR) is 51.0 cm³/mol. The van der Waals surface area contributed by atoms with Crippen molar-refractivity contribution in [2.75, 3.05) is 6.16 Å². The zero-order valence-electron chi connectivity index (χ0n) is 9.54. The summed E-state index contributed by atoms with van der Waals surface area (Å²) in [4.78, 5) is 27.5. The minimum Gasteiger partial charge on any atom is -0.480 e. The molecule has 0 aromatic rings. The summed E-state index contributed by atoms with van der Waals surface area (Å²) in [7, 11) is -4.16. The predicted octanol–water partition coefficient (Wildman–Crippen LogP) is 0.136.